The maximum atomic E-state index is 11.7. The molecule has 0 radical (unpaired) electrons. The first kappa shape index (κ1) is 15.3. The van der Waals surface area contributed by atoms with E-state index in [1.165, 1.54) is 13.2 Å². The summed E-state index contributed by atoms with van der Waals surface area (Å²) in [5.41, 5.74) is 0.274. The highest BCUT2D eigenvalue weighted by molar-refractivity contribution is 9.10. The number of rotatable bonds is 2. The Morgan fingerprint density at radius 2 is 2.05 bits per heavy atom. The van der Waals surface area contributed by atoms with E-state index in [4.69, 9.17) is 14.7 Å². The number of carbonyl (C=O) groups excluding carboxylic acids is 1. The number of methoxy groups -OCH3 is 1. The highest BCUT2D eigenvalue weighted by Gasteiger charge is 2.18. The van der Waals surface area contributed by atoms with E-state index in [1.54, 1.807) is 26.8 Å². The normalized spacial score (nSPS) is 10.5. The average molecular weight is 327 g/mol. The largest absolute Gasteiger partial charge is 0.495 e. The zero-order valence-electron chi connectivity index (χ0n) is 11.2. The van der Waals surface area contributed by atoms with E-state index in [1.807, 2.05) is 6.07 Å². The lowest BCUT2D eigenvalue weighted by Crippen LogP contribution is -2.27. The maximum absolute atomic E-state index is 11.7. The zero-order valence-corrected chi connectivity index (χ0v) is 12.8. The minimum atomic E-state index is -0.582. The van der Waals surface area contributed by atoms with Crippen LogP contribution in [0.2, 0.25) is 0 Å². The zero-order chi connectivity index (χ0) is 14.6. The van der Waals surface area contributed by atoms with Gasteiger partial charge >= 0.3 is 6.09 Å². The van der Waals surface area contributed by atoms with Crippen molar-refractivity contribution in [3.8, 4) is 11.8 Å². The van der Waals surface area contributed by atoms with E-state index in [2.05, 4.69) is 21.2 Å². The molecule has 1 aromatic rings. The summed E-state index contributed by atoms with van der Waals surface area (Å²) in [6, 6.07) is 5.15. The molecule has 5 nitrogen and oxygen atoms in total. The van der Waals surface area contributed by atoms with Crippen molar-refractivity contribution < 1.29 is 14.3 Å². The fourth-order valence-corrected chi connectivity index (χ4v) is 1.75. The Morgan fingerprint density at radius 3 is 2.53 bits per heavy atom. The molecule has 102 valence electrons. The second-order valence-electron chi connectivity index (χ2n) is 4.77. The van der Waals surface area contributed by atoms with Crippen LogP contribution < -0.4 is 10.1 Å². The maximum Gasteiger partial charge on any atom is 0.412 e. The molecule has 0 aliphatic carbocycles. The minimum absolute atomic E-state index is 0.394. The lowest BCUT2D eigenvalue weighted by atomic mass is 10.2. The molecule has 0 aromatic heterocycles. The first-order valence-corrected chi connectivity index (χ1v) is 6.34. The predicted octanol–water partition coefficient (Wildman–Crippen LogP) is 3.68. The van der Waals surface area contributed by atoms with E-state index in [0.29, 0.717) is 21.5 Å². The molecule has 1 N–H and O–H groups in total. The second-order valence-corrected chi connectivity index (χ2v) is 5.63. The van der Waals surface area contributed by atoms with Gasteiger partial charge < -0.3 is 9.47 Å². The van der Waals surface area contributed by atoms with Crippen LogP contribution in [0.1, 0.15) is 26.3 Å². The molecule has 0 aliphatic rings. The molecular formula is C13H15BrN2O3. The number of benzene rings is 1. The van der Waals surface area contributed by atoms with E-state index in [9.17, 15) is 4.79 Å². The third kappa shape index (κ3) is 4.45. The van der Waals surface area contributed by atoms with Crippen molar-refractivity contribution in [1.29, 1.82) is 5.26 Å². The Morgan fingerprint density at radius 1 is 1.42 bits per heavy atom. The van der Waals surface area contributed by atoms with Gasteiger partial charge in [0.1, 0.15) is 17.4 Å². The van der Waals surface area contributed by atoms with E-state index in [0.717, 1.165) is 0 Å². The summed E-state index contributed by atoms with van der Waals surface area (Å²) in [7, 11) is 1.46. The summed E-state index contributed by atoms with van der Waals surface area (Å²) < 4.78 is 10.9. The highest BCUT2D eigenvalue weighted by Crippen LogP contribution is 2.31. The van der Waals surface area contributed by atoms with Crippen LogP contribution >= 0.6 is 15.9 Å². The molecule has 0 spiro atoms. The van der Waals surface area contributed by atoms with Crippen molar-refractivity contribution in [2.45, 2.75) is 26.4 Å². The van der Waals surface area contributed by atoms with E-state index < -0.39 is 11.7 Å². The van der Waals surface area contributed by atoms with Gasteiger partial charge in [-0.25, -0.2) is 4.79 Å². The number of hydrogen-bond acceptors (Lipinski definition) is 4. The molecule has 1 aromatic carbocycles. The first-order chi connectivity index (χ1) is 8.76. The van der Waals surface area contributed by atoms with Crippen LogP contribution in [0.25, 0.3) is 0 Å². The predicted molar refractivity (Wildman–Crippen MR) is 75.3 cm³/mol. The number of nitriles is 1. The number of anilines is 1. The van der Waals surface area contributed by atoms with E-state index >= 15 is 0 Å². The number of nitrogens with one attached hydrogen (secondary N) is 1. The molecule has 0 saturated carbocycles. The third-order valence-electron chi connectivity index (χ3n) is 2.05. The second kappa shape index (κ2) is 5.93. The Hall–Kier alpha value is -1.74. The quantitative estimate of drug-likeness (QED) is 0.899. The van der Waals surface area contributed by atoms with Gasteiger partial charge in [0.25, 0.3) is 0 Å². The molecule has 0 saturated heterocycles. The number of amides is 1. The highest BCUT2D eigenvalue weighted by atomic mass is 79.9. The van der Waals surface area contributed by atoms with Crippen LogP contribution in [-0.4, -0.2) is 18.8 Å². The summed E-state index contributed by atoms with van der Waals surface area (Å²) in [6.45, 7) is 5.33. The van der Waals surface area contributed by atoms with Gasteiger partial charge in [-0.2, -0.15) is 5.26 Å². The van der Waals surface area contributed by atoms with Crippen LogP contribution in [0, 0.1) is 11.3 Å². The number of hydrogen-bond donors (Lipinski definition) is 1. The minimum Gasteiger partial charge on any atom is -0.495 e. The van der Waals surface area contributed by atoms with Crippen molar-refractivity contribution in [1.82, 2.24) is 0 Å². The van der Waals surface area contributed by atoms with Gasteiger partial charge in [-0.05, 0) is 42.8 Å². The first-order valence-electron chi connectivity index (χ1n) is 5.54. The van der Waals surface area contributed by atoms with Crippen molar-refractivity contribution >= 4 is 27.7 Å². The monoisotopic (exact) mass is 326 g/mol. The summed E-state index contributed by atoms with van der Waals surface area (Å²) in [6.07, 6.45) is -0.581. The van der Waals surface area contributed by atoms with Crippen LogP contribution in [-0.2, 0) is 4.74 Å². The molecule has 0 unspecified atom stereocenters. The van der Waals surface area contributed by atoms with Gasteiger partial charge in [-0.3, -0.25) is 5.32 Å². The van der Waals surface area contributed by atoms with Crippen molar-refractivity contribution in [2.24, 2.45) is 0 Å². The standard InChI is InChI=1S/C13H15BrN2O3/c1-13(2,3)19-12(17)16-10-6-9(14)8(7-15)5-11(10)18-4/h5-6H,1-4H3,(H,16,17). The average Bonchev–Trinajstić information content (AvgIpc) is 2.26. The Labute approximate surface area is 120 Å². The molecule has 0 bridgehead atoms. The number of halogens is 1. The number of carbonyl (C=O) groups is 1. The smallest absolute Gasteiger partial charge is 0.412 e. The van der Waals surface area contributed by atoms with Crippen LogP contribution in [0.15, 0.2) is 16.6 Å². The number of ether oxygens (including phenoxy) is 2. The molecule has 1 amide bonds. The molecule has 1 rings (SSSR count). The fourth-order valence-electron chi connectivity index (χ4n) is 1.32. The molecule has 19 heavy (non-hydrogen) atoms. The topological polar surface area (TPSA) is 71.3 Å². The van der Waals surface area contributed by atoms with Crippen molar-refractivity contribution in [3.05, 3.63) is 22.2 Å². The lowest BCUT2D eigenvalue weighted by molar-refractivity contribution is 0.0635. The van der Waals surface area contributed by atoms with Gasteiger partial charge in [-0.15, -0.1) is 0 Å². The van der Waals surface area contributed by atoms with Crippen LogP contribution in [0.5, 0.6) is 5.75 Å². The van der Waals surface area contributed by atoms with Gasteiger partial charge in [0, 0.05) is 10.5 Å². The van der Waals surface area contributed by atoms with E-state index in [-0.39, 0.29) is 0 Å². The lowest BCUT2D eigenvalue weighted by Gasteiger charge is -2.20. The third-order valence-corrected chi connectivity index (χ3v) is 2.70. The summed E-state index contributed by atoms with van der Waals surface area (Å²) in [5, 5.41) is 11.5. The van der Waals surface area contributed by atoms with Crippen LogP contribution in [0.3, 0.4) is 0 Å². The van der Waals surface area contributed by atoms with Crippen molar-refractivity contribution in [2.75, 3.05) is 12.4 Å². The van der Waals surface area contributed by atoms with Gasteiger partial charge in [0.2, 0.25) is 0 Å². The summed E-state index contributed by atoms with van der Waals surface area (Å²) >= 11 is 3.25. The molecule has 6 heteroatoms. The van der Waals surface area contributed by atoms with Gasteiger partial charge in [-0.1, -0.05) is 0 Å². The Kier molecular flexibility index (Phi) is 4.78. The molecule has 0 aliphatic heterocycles. The van der Waals surface area contributed by atoms with Crippen molar-refractivity contribution in [3.63, 3.8) is 0 Å². The summed E-state index contributed by atoms with van der Waals surface area (Å²) in [5.74, 6) is 0.394. The molecule has 0 heterocycles. The van der Waals surface area contributed by atoms with Gasteiger partial charge in [0.15, 0.2) is 0 Å². The number of nitrogens with zero attached hydrogens (tertiary/aromatic N) is 1. The fraction of sp³-hybridized carbons (Fsp3) is 0.385. The molecular weight excluding hydrogens is 312 g/mol. The Balaban J connectivity index is 2.99. The molecule has 0 atom stereocenters. The summed E-state index contributed by atoms with van der Waals surface area (Å²) in [4.78, 5) is 11.7. The Bertz CT molecular complexity index is 530. The van der Waals surface area contributed by atoms with Gasteiger partial charge in [0.05, 0.1) is 18.4 Å². The molecule has 0 fully saturated rings. The van der Waals surface area contributed by atoms with Crippen LogP contribution in [0.4, 0.5) is 10.5 Å². The SMILES string of the molecule is COc1cc(C#N)c(Br)cc1NC(=O)OC(C)(C)C.